The fourth-order valence-corrected chi connectivity index (χ4v) is 3.50. The van der Waals surface area contributed by atoms with Crippen LogP contribution in [0.25, 0.3) is 22.5 Å². The summed E-state index contributed by atoms with van der Waals surface area (Å²) in [6, 6.07) is 13.2. The van der Waals surface area contributed by atoms with Crippen molar-refractivity contribution in [1.29, 1.82) is 0 Å². The Balaban J connectivity index is 1.98. The third-order valence-electron chi connectivity index (χ3n) is 4.76. The highest BCUT2D eigenvalue weighted by Gasteiger charge is 2.10. The predicted octanol–water partition coefficient (Wildman–Crippen LogP) is 6.33. The number of aryl methyl sites for hydroxylation is 4. The van der Waals surface area contributed by atoms with Gasteiger partial charge in [0.05, 0.1) is 0 Å². The van der Waals surface area contributed by atoms with Crippen molar-refractivity contribution in [3.8, 4) is 22.5 Å². The van der Waals surface area contributed by atoms with E-state index in [-0.39, 0.29) is 0 Å². The molecule has 0 saturated carbocycles. The van der Waals surface area contributed by atoms with Crippen molar-refractivity contribution in [1.82, 2.24) is 9.97 Å². The minimum Gasteiger partial charge on any atom is -0.236 e. The van der Waals surface area contributed by atoms with Crippen LogP contribution in [0, 0.1) is 13.8 Å². The first-order chi connectivity index (χ1) is 12.6. The van der Waals surface area contributed by atoms with E-state index >= 15 is 0 Å². The maximum Gasteiger partial charge on any atom is 0.159 e. The largest absolute Gasteiger partial charge is 0.236 e. The van der Waals surface area contributed by atoms with Crippen molar-refractivity contribution in [2.45, 2.75) is 53.4 Å². The Bertz CT molecular complexity index is 805. The molecule has 134 valence electrons. The van der Waals surface area contributed by atoms with Crippen LogP contribution in [0.5, 0.6) is 0 Å². The summed E-state index contributed by atoms with van der Waals surface area (Å²) in [6.07, 6.45) is 8.35. The second kappa shape index (κ2) is 8.27. The molecule has 0 unspecified atom stereocenters. The quantitative estimate of drug-likeness (QED) is 0.522. The molecule has 0 N–H and O–H groups in total. The van der Waals surface area contributed by atoms with Crippen LogP contribution in [-0.4, -0.2) is 9.97 Å². The summed E-state index contributed by atoms with van der Waals surface area (Å²) in [4.78, 5) is 9.42. The normalized spacial score (nSPS) is 10.9. The van der Waals surface area contributed by atoms with Crippen molar-refractivity contribution >= 4 is 0 Å². The van der Waals surface area contributed by atoms with E-state index in [1.165, 1.54) is 27.8 Å². The zero-order chi connectivity index (χ0) is 18.5. The SMILES string of the molecule is CCCc1cc(C)ccc1-c1cnc(-c2ccc(C)cc2CCC)nc1. The van der Waals surface area contributed by atoms with E-state index < -0.39 is 0 Å². The van der Waals surface area contributed by atoms with Crippen LogP contribution in [0.2, 0.25) is 0 Å². The van der Waals surface area contributed by atoms with Gasteiger partial charge in [0.15, 0.2) is 5.82 Å². The van der Waals surface area contributed by atoms with Crippen molar-refractivity contribution < 1.29 is 0 Å². The molecule has 0 aliphatic rings. The van der Waals surface area contributed by atoms with Crippen LogP contribution in [0.1, 0.15) is 48.9 Å². The standard InChI is InChI=1S/C24H28N2/c1-5-7-19-13-17(3)9-11-22(19)21-15-25-24(26-16-21)23-12-10-18(4)14-20(23)8-6-2/h9-16H,5-8H2,1-4H3. The molecule has 0 spiro atoms. The molecule has 2 aromatic carbocycles. The topological polar surface area (TPSA) is 25.8 Å². The number of benzene rings is 2. The molecule has 3 aromatic rings. The van der Waals surface area contributed by atoms with Gasteiger partial charge in [0.25, 0.3) is 0 Å². The molecule has 0 saturated heterocycles. The molecule has 0 fully saturated rings. The molecule has 0 aliphatic heterocycles. The first kappa shape index (κ1) is 18.3. The summed E-state index contributed by atoms with van der Waals surface area (Å²) in [6.45, 7) is 8.72. The van der Waals surface area contributed by atoms with Gasteiger partial charge in [-0.1, -0.05) is 74.2 Å². The zero-order valence-corrected chi connectivity index (χ0v) is 16.3. The number of nitrogens with zero attached hydrogens (tertiary/aromatic N) is 2. The van der Waals surface area contributed by atoms with Gasteiger partial charge in [-0.15, -0.1) is 0 Å². The lowest BCUT2D eigenvalue weighted by atomic mass is 9.96. The molecule has 3 rings (SSSR count). The van der Waals surface area contributed by atoms with Crippen LogP contribution in [0.15, 0.2) is 48.8 Å². The minimum absolute atomic E-state index is 0.821. The molecule has 0 atom stereocenters. The van der Waals surface area contributed by atoms with Crippen molar-refractivity contribution in [3.63, 3.8) is 0 Å². The smallest absolute Gasteiger partial charge is 0.159 e. The Morgan fingerprint density at radius 1 is 0.692 bits per heavy atom. The van der Waals surface area contributed by atoms with Gasteiger partial charge in [0.1, 0.15) is 0 Å². The van der Waals surface area contributed by atoms with E-state index in [1.54, 1.807) is 0 Å². The number of aromatic nitrogens is 2. The summed E-state index contributed by atoms with van der Waals surface area (Å²) in [7, 11) is 0. The van der Waals surface area contributed by atoms with Crippen molar-refractivity contribution in [2.75, 3.05) is 0 Å². The second-order valence-electron chi connectivity index (χ2n) is 7.12. The lowest BCUT2D eigenvalue weighted by Gasteiger charge is -2.12. The lowest BCUT2D eigenvalue weighted by molar-refractivity contribution is 0.918. The molecule has 0 amide bonds. The molecule has 1 aromatic heterocycles. The molecule has 1 heterocycles. The predicted molar refractivity (Wildman–Crippen MR) is 110 cm³/mol. The van der Waals surface area contributed by atoms with Crippen LogP contribution >= 0.6 is 0 Å². The minimum atomic E-state index is 0.821. The third-order valence-corrected chi connectivity index (χ3v) is 4.76. The van der Waals surface area contributed by atoms with E-state index in [2.05, 4.69) is 64.1 Å². The third kappa shape index (κ3) is 4.01. The van der Waals surface area contributed by atoms with Crippen LogP contribution < -0.4 is 0 Å². The fourth-order valence-electron chi connectivity index (χ4n) is 3.50. The molecule has 0 bridgehead atoms. The van der Waals surface area contributed by atoms with Gasteiger partial charge < -0.3 is 0 Å². The van der Waals surface area contributed by atoms with E-state index in [0.717, 1.165) is 42.6 Å². The molecular formula is C24H28N2. The fraction of sp³-hybridized carbons (Fsp3) is 0.333. The maximum absolute atomic E-state index is 4.71. The Labute approximate surface area is 157 Å². The Morgan fingerprint density at radius 2 is 1.19 bits per heavy atom. The summed E-state index contributed by atoms with van der Waals surface area (Å²) in [5.74, 6) is 0.821. The Hall–Kier alpha value is -2.48. The van der Waals surface area contributed by atoms with Gasteiger partial charge in [-0.05, 0) is 43.4 Å². The Kier molecular flexibility index (Phi) is 5.82. The first-order valence-corrected chi connectivity index (χ1v) is 9.64. The van der Waals surface area contributed by atoms with Gasteiger partial charge in [0, 0.05) is 23.5 Å². The van der Waals surface area contributed by atoms with Gasteiger partial charge in [0.2, 0.25) is 0 Å². The lowest BCUT2D eigenvalue weighted by Crippen LogP contribution is -1.97. The van der Waals surface area contributed by atoms with Crippen LogP contribution in [0.3, 0.4) is 0 Å². The van der Waals surface area contributed by atoms with E-state index in [9.17, 15) is 0 Å². The summed E-state index contributed by atoms with van der Waals surface area (Å²) >= 11 is 0. The van der Waals surface area contributed by atoms with Crippen LogP contribution in [0.4, 0.5) is 0 Å². The van der Waals surface area contributed by atoms with Crippen molar-refractivity contribution in [2.24, 2.45) is 0 Å². The highest BCUT2D eigenvalue weighted by molar-refractivity contribution is 5.68. The summed E-state index contributed by atoms with van der Waals surface area (Å²) < 4.78 is 0. The summed E-state index contributed by atoms with van der Waals surface area (Å²) in [5, 5.41) is 0. The second-order valence-corrected chi connectivity index (χ2v) is 7.12. The maximum atomic E-state index is 4.71. The van der Waals surface area contributed by atoms with E-state index in [4.69, 9.17) is 9.97 Å². The molecular weight excluding hydrogens is 316 g/mol. The average Bonchev–Trinajstić information content (AvgIpc) is 2.63. The summed E-state index contributed by atoms with van der Waals surface area (Å²) in [5.41, 5.74) is 8.81. The number of hydrogen-bond donors (Lipinski definition) is 0. The van der Waals surface area contributed by atoms with Gasteiger partial charge in [-0.25, -0.2) is 9.97 Å². The molecule has 2 heteroatoms. The van der Waals surface area contributed by atoms with Crippen molar-refractivity contribution in [3.05, 3.63) is 71.0 Å². The molecule has 0 aliphatic carbocycles. The average molecular weight is 345 g/mol. The highest BCUT2D eigenvalue weighted by atomic mass is 14.9. The highest BCUT2D eigenvalue weighted by Crippen LogP contribution is 2.27. The number of rotatable bonds is 6. The zero-order valence-electron chi connectivity index (χ0n) is 16.3. The Morgan fingerprint density at radius 3 is 1.73 bits per heavy atom. The first-order valence-electron chi connectivity index (χ1n) is 9.64. The molecule has 0 radical (unpaired) electrons. The monoisotopic (exact) mass is 344 g/mol. The molecule has 26 heavy (non-hydrogen) atoms. The van der Waals surface area contributed by atoms with Gasteiger partial charge in [-0.3, -0.25) is 0 Å². The molecule has 2 nitrogen and oxygen atoms in total. The van der Waals surface area contributed by atoms with Gasteiger partial charge in [-0.2, -0.15) is 0 Å². The number of hydrogen-bond acceptors (Lipinski definition) is 2. The van der Waals surface area contributed by atoms with Crippen LogP contribution in [-0.2, 0) is 12.8 Å². The van der Waals surface area contributed by atoms with E-state index in [1.807, 2.05) is 12.4 Å². The van der Waals surface area contributed by atoms with Gasteiger partial charge >= 0.3 is 0 Å². The van der Waals surface area contributed by atoms with E-state index in [0.29, 0.717) is 0 Å².